The van der Waals surface area contributed by atoms with Gasteiger partial charge < -0.3 is 5.32 Å². The number of anilines is 1. The van der Waals surface area contributed by atoms with E-state index < -0.39 is 9.84 Å². The van der Waals surface area contributed by atoms with Crippen LogP contribution in [-0.4, -0.2) is 20.1 Å². The molecule has 6 heteroatoms. The van der Waals surface area contributed by atoms with E-state index in [1.165, 1.54) is 12.1 Å². The molecule has 2 aromatic rings. The van der Waals surface area contributed by atoms with Gasteiger partial charge in [0, 0.05) is 16.3 Å². The summed E-state index contributed by atoms with van der Waals surface area (Å²) in [6.45, 7) is 1.59. The first-order valence-corrected chi connectivity index (χ1v) is 8.35. The van der Waals surface area contributed by atoms with Gasteiger partial charge in [0.15, 0.2) is 9.84 Å². The molecule has 1 N–H and O–H groups in total. The van der Waals surface area contributed by atoms with Crippen LogP contribution in [0.25, 0.3) is 0 Å². The van der Waals surface area contributed by atoms with E-state index in [-0.39, 0.29) is 16.6 Å². The highest BCUT2D eigenvalue weighted by Crippen LogP contribution is 2.16. The zero-order valence-electron chi connectivity index (χ0n) is 11.3. The van der Waals surface area contributed by atoms with Gasteiger partial charge >= 0.3 is 0 Å². The molecule has 2 aromatic carbocycles. The van der Waals surface area contributed by atoms with E-state index in [0.717, 1.165) is 0 Å². The number of carbonyl (C=O) groups is 1. The van der Waals surface area contributed by atoms with E-state index in [4.69, 9.17) is 11.6 Å². The topological polar surface area (TPSA) is 63.2 Å². The van der Waals surface area contributed by atoms with Gasteiger partial charge in [-0.25, -0.2) is 8.42 Å². The van der Waals surface area contributed by atoms with Crippen LogP contribution in [0.3, 0.4) is 0 Å². The molecule has 0 spiro atoms. The average Bonchev–Trinajstić information content (AvgIpc) is 2.48. The van der Waals surface area contributed by atoms with Crippen LogP contribution >= 0.6 is 11.6 Å². The first-order valence-electron chi connectivity index (χ1n) is 6.32. The molecule has 1 amide bonds. The van der Waals surface area contributed by atoms with Gasteiger partial charge in [-0.2, -0.15) is 0 Å². The van der Waals surface area contributed by atoms with Gasteiger partial charge in [0.1, 0.15) is 0 Å². The zero-order valence-corrected chi connectivity index (χ0v) is 12.9. The standard InChI is InChI=1S/C15H14ClNO3S/c1-2-21(19,20)14-9-7-13(8-10-14)17-15(18)11-3-5-12(16)6-4-11/h3-10H,2H2,1H3,(H,17,18). The minimum Gasteiger partial charge on any atom is -0.322 e. The normalized spacial score (nSPS) is 11.1. The minimum absolute atomic E-state index is 0.0451. The predicted molar refractivity (Wildman–Crippen MR) is 83.6 cm³/mol. The first-order chi connectivity index (χ1) is 9.92. The molecule has 0 unspecified atom stereocenters. The van der Waals surface area contributed by atoms with Crippen molar-refractivity contribution in [1.29, 1.82) is 0 Å². The van der Waals surface area contributed by atoms with Crippen molar-refractivity contribution < 1.29 is 13.2 Å². The fourth-order valence-electron chi connectivity index (χ4n) is 1.72. The lowest BCUT2D eigenvalue weighted by Gasteiger charge is -2.07. The quantitative estimate of drug-likeness (QED) is 0.938. The molecule has 21 heavy (non-hydrogen) atoms. The van der Waals surface area contributed by atoms with Crippen molar-refractivity contribution in [3.05, 3.63) is 59.1 Å². The Morgan fingerprint density at radius 1 is 1.05 bits per heavy atom. The summed E-state index contributed by atoms with van der Waals surface area (Å²) in [4.78, 5) is 12.2. The van der Waals surface area contributed by atoms with Gasteiger partial charge in [-0.3, -0.25) is 4.79 Å². The summed E-state index contributed by atoms with van der Waals surface area (Å²) >= 11 is 5.76. The van der Waals surface area contributed by atoms with E-state index >= 15 is 0 Å². The second-order valence-corrected chi connectivity index (χ2v) is 7.10. The second-order valence-electron chi connectivity index (χ2n) is 4.39. The van der Waals surface area contributed by atoms with Crippen molar-refractivity contribution in [2.24, 2.45) is 0 Å². The lowest BCUT2D eigenvalue weighted by atomic mass is 10.2. The first kappa shape index (κ1) is 15.5. The average molecular weight is 324 g/mol. The van der Waals surface area contributed by atoms with Crippen molar-refractivity contribution in [3.8, 4) is 0 Å². The molecule has 0 saturated carbocycles. The third kappa shape index (κ3) is 3.83. The number of hydrogen-bond donors (Lipinski definition) is 1. The van der Waals surface area contributed by atoms with Crippen molar-refractivity contribution in [1.82, 2.24) is 0 Å². The Labute approximate surface area is 128 Å². The Kier molecular flexibility index (Phi) is 4.65. The predicted octanol–water partition coefficient (Wildman–Crippen LogP) is 3.39. The summed E-state index contributed by atoms with van der Waals surface area (Å²) in [5.74, 6) is -0.235. The van der Waals surface area contributed by atoms with Gasteiger partial charge in [-0.05, 0) is 48.5 Å². The number of nitrogens with one attached hydrogen (secondary N) is 1. The third-order valence-electron chi connectivity index (χ3n) is 2.96. The molecule has 0 aromatic heterocycles. The molecular formula is C15H14ClNO3S. The molecule has 2 rings (SSSR count). The Balaban J connectivity index is 2.13. The maximum atomic E-state index is 12.0. The molecule has 0 aliphatic rings. The van der Waals surface area contributed by atoms with Gasteiger partial charge in [0.25, 0.3) is 5.91 Å². The van der Waals surface area contributed by atoms with E-state index in [0.29, 0.717) is 16.3 Å². The number of rotatable bonds is 4. The summed E-state index contributed by atoms with van der Waals surface area (Å²) in [7, 11) is -3.23. The number of benzene rings is 2. The number of halogens is 1. The highest BCUT2D eigenvalue weighted by atomic mass is 35.5. The molecule has 0 aliphatic heterocycles. The van der Waals surface area contributed by atoms with Crippen LogP contribution in [0.5, 0.6) is 0 Å². The lowest BCUT2D eigenvalue weighted by Crippen LogP contribution is -2.12. The molecule has 110 valence electrons. The van der Waals surface area contributed by atoms with Crippen LogP contribution < -0.4 is 5.32 Å². The summed E-state index contributed by atoms with van der Waals surface area (Å²) in [5, 5.41) is 3.25. The van der Waals surface area contributed by atoms with Crippen molar-refractivity contribution in [2.75, 3.05) is 11.1 Å². The van der Waals surface area contributed by atoms with Gasteiger partial charge in [-0.15, -0.1) is 0 Å². The van der Waals surface area contributed by atoms with Crippen LogP contribution in [0.2, 0.25) is 5.02 Å². The minimum atomic E-state index is -3.23. The molecule has 0 radical (unpaired) electrons. The smallest absolute Gasteiger partial charge is 0.255 e. The van der Waals surface area contributed by atoms with E-state index in [1.807, 2.05) is 0 Å². The summed E-state index contributed by atoms with van der Waals surface area (Å²) < 4.78 is 23.4. The van der Waals surface area contributed by atoms with Crippen molar-refractivity contribution in [2.45, 2.75) is 11.8 Å². The fourth-order valence-corrected chi connectivity index (χ4v) is 2.73. The summed E-state index contributed by atoms with van der Waals surface area (Å²) in [6, 6.07) is 12.6. The van der Waals surface area contributed by atoms with Gasteiger partial charge in [-0.1, -0.05) is 18.5 Å². The van der Waals surface area contributed by atoms with Crippen molar-refractivity contribution in [3.63, 3.8) is 0 Å². The molecule has 0 bridgehead atoms. The SMILES string of the molecule is CCS(=O)(=O)c1ccc(NC(=O)c2ccc(Cl)cc2)cc1. The maximum absolute atomic E-state index is 12.0. The number of amides is 1. The van der Waals surface area contributed by atoms with E-state index in [9.17, 15) is 13.2 Å². The fraction of sp³-hybridized carbons (Fsp3) is 0.133. The van der Waals surface area contributed by atoms with Crippen LogP contribution in [0, 0.1) is 0 Å². The highest BCUT2D eigenvalue weighted by molar-refractivity contribution is 7.91. The Morgan fingerprint density at radius 3 is 2.14 bits per heavy atom. The van der Waals surface area contributed by atoms with E-state index in [2.05, 4.69) is 5.32 Å². The molecule has 0 saturated heterocycles. The molecule has 0 atom stereocenters. The van der Waals surface area contributed by atoms with E-state index in [1.54, 1.807) is 43.3 Å². The van der Waals surface area contributed by atoms with Crippen LogP contribution in [0.1, 0.15) is 17.3 Å². The van der Waals surface area contributed by atoms with Crippen molar-refractivity contribution >= 4 is 33.0 Å². The largest absolute Gasteiger partial charge is 0.322 e. The number of sulfone groups is 1. The lowest BCUT2D eigenvalue weighted by molar-refractivity contribution is 0.102. The monoisotopic (exact) mass is 323 g/mol. The molecule has 0 heterocycles. The molecule has 0 fully saturated rings. The Morgan fingerprint density at radius 2 is 1.62 bits per heavy atom. The van der Waals surface area contributed by atoms with Gasteiger partial charge in [0.05, 0.1) is 10.6 Å². The summed E-state index contributed by atoms with van der Waals surface area (Å²) in [6.07, 6.45) is 0. The zero-order chi connectivity index (χ0) is 15.5. The maximum Gasteiger partial charge on any atom is 0.255 e. The number of hydrogen-bond acceptors (Lipinski definition) is 3. The number of carbonyl (C=O) groups excluding carboxylic acids is 1. The Bertz CT molecular complexity index is 737. The van der Waals surface area contributed by atoms with Gasteiger partial charge in [0.2, 0.25) is 0 Å². The highest BCUT2D eigenvalue weighted by Gasteiger charge is 2.11. The van der Waals surface area contributed by atoms with Crippen LogP contribution in [0.15, 0.2) is 53.4 Å². The molecule has 0 aliphatic carbocycles. The third-order valence-corrected chi connectivity index (χ3v) is 4.96. The second kappa shape index (κ2) is 6.28. The van der Waals surface area contributed by atoms with Crippen LogP contribution in [0.4, 0.5) is 5.69 Å². The molecule has 4 nitrogen and oxygen atoms in total. The summed E-state index contributed by atoms with van der Waals surface area (Å²) in [5.41, 5.74) is 1.01. The van der Waals surface area contributed by atoms with Crippen LogP contribution in [-0.2, 0) is 9.84 Å². The Hall–Kier alpha value is -1.85. The molecular weight excluding hydrogens is 310 g/mol.